The van der Waals surface area contributed by atoms with Crippen molar-refractivity contribution in [2.45, 2.75) is 71.9 Å². The molecule has 2 rings (SSSR count). The zero-order valence-electron chi connectivity index (χ0n) is 12.8. The second-order valence-corrected chi connectivity index (χ2v) is 7.58. The normalized spacial score (nSPS) is 36.3. The fourth-order valence-electron chi connectivity index (χ4n) is 3.78. The maximum Gasteiger partial charge on any atom is 0.0166 e. The minimum absolute atomic E-state index is 0.513. The van der Waals surface area contributed by atoms with Crippen LogP contribution in [0.25, 0.3) is 0 Å². The second-order valence-electron chi connectivity index (χ2n) is 7.58. The third-order valence-corrected chi connectivity index (χ3v) is 5.06. The Morgan fingerprint density at radius 3 is 2.33 bits per heavy atom. The molecule has 0 bridgehead atoms. The standard InChI is InChI=1S/C16H32N2/c1-13-12-18(11-5-10-17-13)15-8-6-14(7-9-15)16(2,3)4/h13-15,17H,5-12H2,1-4H3. The summed E-state index contributed by atoms with van der Waals surface area (Å²) in [5, 5.41) is 3.60. The van der Waals surface area contributed by atoms with Gasteiger partial charge in [0.05, 0.1) is 0 Å². The molecule has 0 aromatic carbocycles. The van der Waals surface area contributed by atoms with Gasteiger partial charge in [-0.15, -0.1) is 0 Å². The lowest BCUT2D eigenvalue weighted by Gasteiger charge is -2.41. The Balaban J connectivity index is 1.85. The second kappa shape index (κ2) is 5.92. The number of nitrogens with zero attached hydrogens (tertiary/aromatic N) is 1. The molecule has 1 unspecified atom stereocenters. The van der Waals surface area contributed by atoms with Crippen molar-refractivity contribution in [3.63, 3.8) is 0 Å². The molecule has 1 heterocycles. The lowest BCUT2D eigenvalue weighted by molar-refractivity contribution is 0.0953. The summed E-state index contributed by atoms with van der Waals surface area (Å²) in [5.41, 5.74) is 0.513. The molecule has 0 aromatic rings. The highest BCUT2D eigenvalue weighted by molar-refractivity contribution is 4.86. The van der Waals surface area contributed by atoms with Gasteiger partial charge >= 0.3 is 0 Å². The molecule has 0 spiro atoms. The van der Waals surface area contributed by atoms with Crippen LogP contribution in [0, 0.1) is 11.3 Å². The van der Waals surface area contributed by atoms with Gasteiger partial charge in [0, 0.05) is 18.6 Å². The third kappa shape index (κ3) is 3.71. The van der Waals surface area contributed by atoms with Gasteiger partial charge in [0.15, 0.2) is 0 Å². The van der Waals surface area contributed by atoms with Crippen molar-refractivity contribution in [2.24, 2.45) is 11.3 Å². The maximum absolute atomic E-state index is 3.60. The average molecular weight is 252 g/mol. The molecule has 1 atom stereocenters. The molecule has 18 heavy (non-hydrogen) atoms. The first-order valence-electron chi connectivity index (χ1n) is 7.94. The molecular weight excluding hydrogens is 220 g/mol. The Morgan fingerprint density at radius 2 is 1.72 bits per heavy atom. The summed E-state index contributed by atoms with van der Waals surface area (Å²) < 4.78 is 0. The quantitative estimate of drug-likeness (QED) is 0.770. The highest BCUT2D eigenvalue weighted by Crippen LogP contribution is 2.39. The van der Waals surface area contributed by atoms with E-state index < -0.39 is 0 Å². The van der Waals surface area contributed by atoms with E-state index >= 15 is 0 Å². The van der Waals surface area contributed by atoms with Crippen LogP contribution in [0.1, 0.15) is 59.8 Å². The van der Waals surface area contributed by atoms with Gasteiger partial charge in [-0.2, -0.15) is 0 Å². The van der Waals surface area contributed by atoms with Gasteiger partial charge in [-0.25, -0.2) is 0 Å². The molecule has 2 nitrogen and oxygen atoms in total. The lowest BCUT2D eigenvalue weighted by atomic mass is 9.71. The van der Waals surface area contributed by atoms with Crippen molar-refractivity contribution in [3.05, 3.63) is 0 Å². The monoisotopic (exact) mass is 252 g/mol. The zero-order valence-corrected chi connectivity index (χ0v) is 12.8. The van der Waals surface area contributed by atoms with Crippen molar-refractivity contribution in [1.82, 2.24) is 10.2 Å². The summed E-state index contributed by atoms with van der Waals surface area (Å²) >= 11 is 0. The summed E-state index contributed by atoms with van der Waals surface area (Å²) in [7, 11) is 0. The van der Waals surface area contributed by atoms with E-state index in [0.717, 1.165) is 12.0 Å². The number of rotatable bonds is 1. The van der Waals surface area contributed by atoms with E-state index in [1.165, 1.54) is 51.7 Å². The van der Waals surface area contributed by atoms with Gasteiger partial charge in [-0.05, 0) is 63.5 Å². The molecule has 0 amide bonds. The topological polar surface area (TPSA) is 15.3 Å². The van der Waals surface area contributed by atoms with E-state index in [1.807, 2.05) is 0 Å². The van der Waals surface area contributed by atoms with Gasteiger partial charge in [0.1, 0.15) is 0 Å². The van der Waals surface area contributed by atoms with E-state index in [-0.39, 0.29) is 0 Å². The fourth-order valence-corrected chi connectivity index (χ4v) is 3.78. The molecule has 2 fully saturated rings. The smallest absolute Gasteiger partial charge is 0.0166 e. The molecular formula is C16H32N2. The molecule has 1 saturated carbocycles. The average Bonchev–Trinajstić information content (AvgIpc) is 2.53. The molecule has 1 aliphatic heterocycles. The molecule has 1 N–H and O–H groups in total. The van der Waals surface area contributed by atoms with Crippen molar-refractivity contribution >= 4 is 0 Å². The third-order valence-electron chi connectivity index (χ3n) is 5.06. The summed E-state index contributed by atoms with van der Waals surface area (Å²) in [6.45, 7) is 13.3. The SMILES string of the molecule is CC1CN(C2CCC(C(C)(C)C)CC2)CCCN1. The van der Waals surface area contributed by atoms with Crippen LogP contribution in [0.2, 0.25) is 0 Å². The minimum atomic E-state index is 0.513. The van der Waals surface area contributed by atoms with Crippen LogP contribution >= 0.6 is 0 Å². The molecule has 1 aliphatic carbocycles. The maximum atomic E-state index is 3.60. The summed E-state index contributed by atoms with van der Waals surface area (Å²) in [6.07, 6.45) is 7.05. The van der Waals surface area contributed by atoms with E-state index in [1.54, 1.807) is 0 Å². The summed E-state index contributed by atoms with van der Waals surface area (Å²) in [6, 6.07) is 1.54. The van der Waals surface area contributed by atoms with Crippen LogP contribution in [-0.2, 0) is 0 Å². The van der Waals surface area contributed by atoms with E-state index in [0.29, 0.717) is 11.5 Å². The Labute approximate surface area is 114 Å². The zero-order chi connectivity index (χ0) is 13.2. The number of nitrogens with one attached hydrogen (secondary N) is 1. The predicted molar refractivity (Wildman–Crippen MR) is 78.9 cm³/mol. The van der Waals surface area contributed by atoms with Gasteiger partial charge in [0.2, 0.25) is 0 Å². The highest BCUT2D eigenvalue weighted by atomic mass is 15.2. The van der Waals surface area contributed by atoms with E-state index in [4.69, 9.17) is 0 Å². The van der Waals surface area contributed by atoms with Gasteiger partial charge < -0.3 is 5.32 Å². The molecule has 106 valence electrons. The molecule has 2 heteroatoms. The van der Waals surface area contributed by atoms with Gasteiger partial charge in [0.25, 0.3) is 0 Å². The highest BCUT2D eigenvalue weighted by Gasteiger charge is 2.32. The molecule has 0 radical (unpaired) electrons. The van der Waals surface area contributed by atoms with Crippen molar-refractivity contribution in [1.29, 1.82) is 0 Å². The Morgan fingerprint density at radius 1 is 1.06 bits per heavy atom. The number of hydrogen-bond donors (Lipinski definition) is 1. The first-order chi connectivity index (χ1) is 8.47. The van der Waals surface area contributed by atoms with Crippen LogP contribution < -0.4 is 5.32 Å². The van der Waals surface area contributed by atoms with E-state index in [9.17, 15) is 0 Å². The Hall–Kier alpha value is -0.0800. The minimum Gasteiger partial charge on any atom is -0.313 e. The van der Waals surface area contributed by atoms with Crippen molar-refractivity contribution in [3.8, 4) is 0 Å². The van der Waals surface area contributed by atoms with Crippen LogP contribution in [0.3, 0.4) is 0 Å². The van der Waals surface area contributed by atoms with Crippen molar-refractivity contribution in [2.75, 3.05) is 19.6 Å². The van der Waals surface area contributed by atoms with Gasteiger partial charge in [-0.1, -0.05) is 20.8 Å². The first-order valence-corrected chi connectivity index (χ1v) is 7.94. The largest absolute Gasteiger partial charge is 0.313 e. The van der Waals surface area contributed by atoms with Crippen LogP contribution in [0.5, 0.6) is 0 Å². The fraction of sp³-hybridized carbons (Fsp3) is 1.00. The molecule has 2 aliphatic rings. The van der Waals surface area contributed by atoms with Crippen molar-refractivity contribution < 1.29 is 0 Å². The first kappa shape index (κ1) is 14.3. The lowest BCUT2D eigenvalue weighted by Crippen LogP contribution is -2.44. The predicted octanol–water partition coefficient (Wildman–Crippen LogP) is 3.28. The van der Waals surface area contributed by atoms with Gasteiger partial charge in [-0.3, -0.25) is 4.90 Å². The Bertz CT molecular complexity index is 248. The Kier molecular flexibility index (Phi) is 4.71. The van der Waals surface area contributed by atoms with Crippen LogP contribution in [0.4, 0.5) is 0 Å². The van der Waals surface area contributed by atoms with Crippen LogP contribution in [-0.4, -0.2) is 36.6 Å². The summed E-state index contributed by atoms with van der Waals surface area (Å²) in [5.74, 6) is 0.941. The molecule has 1 saturated heterocycles. The van der Waals surface area contributed by atoms with E-state index in [2.05, 4.69) is 37.9 Å². The van der Waals surface area contributed by atoms with Crippen LogP contribution in [0.15, 0.2) is 0 Å². The number of hydrogen-bond acceptors (Lipinski definition) is 2. The summed E-state index contributed by atoms with van der Waals surface area (Å²) in [4.78, 5) is 2.77. The molecule has 0 aromatic heterocycles.